The van der Waals surface area contributed by atoms with Gasteiger partial charge in [-0.25, -0.2) is 14.8 Å². The van der Waals surface area contributed by atoms with Gasteiger partial charge in [0.1, 0.15) is 6.33 Å². The molecule has 0 amide bonds. The third-order valence-corrected chi connectivity index (χ3v) is 4.98. The Kier molecular flexibility index (Phi) is 3.72. The minimum atomic E-state index is -0.103. The predicted octanol–water partition coefficient (Wildman–Crippen LogP) is 2.79. The fourth-order valence-electron chi connectivity index (χ4n) is 3.64. The highest BCUT2D eigenvalue weighted by atomic mass is 16.1. The number of benzene rings is 1. The lowest BCUT2D eigenvalue weighted by Crippen LogP contribution is -2.23. The van der Waals surface area contributed by atoms with Gasteiger partial charge in [0.05, 0.1) is 29.5 Å². The summed E-state index contributed by atoms with van der Waals surface area (Å²) in [5, 5.41) is 2.07. The van der Waals surface area contributed by atoms with Crippen LogP contribution in [0.4, 0.5) is 0 Å². The number of aromatic nitrogens is 6. The number of aryl methyl sites for hydroxylation is 1. The Hall–Kier alpha value is -3.87. The SMILES string of the molecule is Cn1c(=O)n(Cc2ncc3ccccc3c2-c2cncnc2)c2cnccc21. The lowest BCUT2D eigenvalue weighted by atomic mass is 9.99. The van der Waals surface area contributed by atoms with Crippen LogP contribution in [0.5, 0.6) is 0 Å². The van der Waals surface area contributed by atoms with Gasteiger partial charge in [0.25, 0.3) is 0 Å². The number of fused-ring (bicyclic) bond motifs is 2. The maximum Gasteiger partial charge on any atom is 0.329 e. The molecule has 0 saturated heterocycles. The third kappa shape index (κ3) is 2.48. The summed E-state index contributed by atoms with van der Waals surface area (Å²) in [4.78, 5) is 30.1. The zero-order chi connectivity index (χ0) is 19.1. The number of hydrogen-bond donors (Lipinski definition) is 0. The fraction of sp³-hybridized carbons (Fsp3) is 0.0952. The second-order valence-electron chi connectivity index (χ2n) is 6.59. The van der Waals surface area contributed by atoms with E-state index in [9.17, 15) is 4.79 Å². The summed E-state index contributed by atoms with van der Waals surface area (Å²) in [6.45, 7) is 0.330. The molecule has 4 heterocycles. The second-order valence-corrected chi connectivity index (χ2v) is 6.59. The molecule has 0 aliphatic carbocycles. The maximum atomic E-state index is 12.8. The van der Waals surface area contributed by atoms with Gasteiger partial charge >= 0.3 is 5.69 Å². The first kappa shape index (κ1) is 16.3. The van der Waals surface area contributed by atoms with E-state index in [0.29, 0.717) is 6.54 Å². The van der Waals surface area contributed by atoms with Crippen LogP contribution in [0.1, 0.15) is 5.69 Å². The molecular weight excluding hydrogens is 352 g/mol. The highest BCUT2D eigenvalue weighted by Crippen LogP contribution is 2.30. The molecular formula is C21H16N6O. The molecule has 0 bridgehead atoms. The van der Waals surface area contributed by atoms with E-state index < -0.39 is 0 Å². The monoisotopic (exact) mass is 368 g/mol. The molecule has 0 aliphatic rings. The first-order chi connectivity index (χ1) is 13.7. The first-order valence-electron chi connectivity index (χ1n) is 8.85. The van der Waals surface area contributed by atoms with Crippen LogP contribution in [0.25, 0.3) is 32.9 Å². The van der Waals surface area contributed by atoms with Crippen molar-refractivity contribution in [2.45, 2.75) is 6.54 Å². The van der Waals surface area contributed by atoms with Crippen LogP contribution >= 0.6 is 0 Å². The molecule has 5 aromatic rings. The molecule has 0 saturated carbocycles. The van der Waals surface area contributed by atoms with Gasteiger partial charge in [0.15, 0.2) is 0 Å². The third-order valence-electron chi connectivity index (χ3n) is 4.98. The Morgan fingerprint density at radius 2 is 1.75 bits per heavy atom. The van der Waals surface area contributed by atoms with Gasteiger partial charge in [0, 0.05) is 48.3 Å². The molecule has 7 heteroatoms. The van der Waals surface area contributed by atoms with Gasteiger partial charge in [-0.05, 0) is 11.5 Å². The smallest absolute Gasteiger partial charge is 0.295 e. The molecule has 0 aliphatic heterocycles. The minimum Gasteiger partial charge on any atom is -0.295 e. The Morgan fingerprint density at radius 1 is 0.929 bits per heavy atom. The van der Waals surface area contributed by atoms with Gasteiger partial charge in [-0.2, -0.15) is 0 Å². The normalized spacial score (nSPS) is 11.3. The molecule has 1 aromatic carbocycles. The van der Waals surface area contributed by atoms with Gasteiger partial charge < -0.3 is 0 Å². The standard InChI is InChI=1S/C21H16N6O/c1-26-18-6-7-22-11-19(18)27(21(26)28)12-17-20(15-8-23-13-24-9-15)16-5-3-2-4-14(16)10-25-17/h2-11,13H,12H2,1H3. The van der Waals surface area contributed by atoms with E-state index in [4.69, 9.17) is 4.98 Å². The summed E-state index contributed by atoms with van der Waals surface area (Å²) < 4.78 is 3.33. The summed E-state index contributed by atoms with van der Waals surface area (Å²) in [5.74, 6) is 0. The minimum absolute atomic E-state index is 0.103. The lowest BCUT2D eigenvalue weighted by Gasteiger charge is -2.12. The molecule has 0 radical (unpaired) electrons. The van der Waals surface area contributed by atoms with E-state index in [1.807, 2.05) is 30.5 Å². The van der Waals surface area contributed by atoms with Crippen molar-refractivity contribution in [2.75, 3.05) is 0 Å². The fourth-order valence-corrected chi connectivity index (χ4v) is 3.64. The number of hydrogen-bond acceptors (Lipinski definition) is 5. The lowest BCUT2D eigenvalue weighted by molar-refractivity contribution is 0.724. The predicted molar refractivity (Wildman–Crippen MR) is 107 cm³/mol. The maximum absolute atomic E-state index is 12.8. The molecule has 0 atom stereocenters. The van der Waals surface area contributed by atoms with E-state index in [0.717, 1.165) is 38.6 Å². The van der Waals surface area contributed by atoms with Crippen LogP contribution in [0, 0.1) is 0 Å². The van der Waals surface area contributed by atoms with Crippen LogP contribution in [0.15, 0.2) is 72.4 Å². The van der Waals surface area contributed by atoms with Crippen molar-refractivity contribution < 1.29 is 0 Å². The van der Waals surface area contributed by atoms with E-state index >= 15 is 0 Å². The van der Waals surface area contributed by atoms with Crippen molar-refractivity contribution in [3.8, 4) is 11.1 Å². The topological polar surface area (TPSA) is 78.5 Å². The summed E-state index contributed by atoms with van der Waals surface area (Å²) >= 11 is 0. The Balaban J connectivity index is 1.77. The molecule has 0 fully saturated rings. The molecule has 0 N–H and O–H groups in total. The molecule has 0 spiro atoms. The van der Waals surface area contributed by atoms with Crippen LogP contribution in [-0.2, 0) is 13.6 Å². The van der Waals surface area contributed by atoms with Crippen molar-refractivity contribution in [3.05, 3.63) is 83.8 Å². The van der Waals surface area contributed by atoms with Gasteiger partial charge in [-0.15, -0.1) is 0 Å². The molecule has 5 rings (SSSR count). The molecule has 4 aromatic heterocycles. The van der Waals surface area contributed by atoms with Crippen molar-refractivity contribution >= 4 is 21.8 Å². The molecule has 136 valence electrons. The van der Waals surface area contributed by atoms with E-state index in [-0.39, 0.29) is 5.69 Å². The Labute approximate surface area is 160 Å². The number of nitrogens with zero attached hydrogens (tertiary/aromatic N) is 6. The van der Waals surface area contributed by atoms with Gasteiger partial charge in [-0.3, -0.25) is 19.1 Å². The van der Waals surface area contributed by atoms with E-state index in [1.54, 1.807) is 41.0 Å². The first-order valence-corrected chi connectivity index (χ1v) is 8.85. The number of rotatable bonds is 3. The summed E-state index contributed by atoms with van der Waals surface area (Å²) in [6.07, 6.45) is 10.3. The summed E-state index contributed by atoms with van der Waals surface area (Å²) in [7, 11) is 1.76. The van der Waals surface area contributed by atoms with Crippen LogP contribution < -0.4 is 5.69 Å². The quantitative estimate of drug-likeness (QED) is 0.489. The van der Waals surface area contributed by atoms with Gasteiger partial charge in [0.2, 0.25) is 0 Å². The average Bonchev–Trinajstić information content (AvgIpc) is 2.99. The van der Waals surface area contributed by atoms with Crippen LogP contribution in [0.3, 0.4) is 0 Å². The average molecular weight is 368 g/mol. The van der Waals surface area contributed by atoms with Crippen LogP contribution in [-0.4, -0.2) is 29.1 Å². The zero-order valence-electron chi connectivity index (χ0n) is 15.1. The van der Waals surface area contributed by atoms with Crippen molar-refractivity contribution in [1.29, 1.82) is 0 Å². The van der Waals surface area contributed by atoms with Crippen molar-refractivity contribution in [2.24, 2.45) is 7.05 Å². The highest BCUT2D eigenvalue weighted by Gasteiger charge is 2.16. The molecule has 7 nitrogen and oxygen atoms in total. The number of imidazole rings is 1. The van der Waals surface area contributed by atoms with Crippen molar-refractivity contribution in [1.82, 2.24) is 29.1 Å². The Morgan fingerprint density at radius 3 is 2.61 bits per heavy atom. The molecule has 0 unspecified atom stereocenters. The summed E-state index contributed by atoms with van der Waals surface area (Å²) in [6, 6.07) is 9.89. The second kappa shape index (κ2) is 6.38. The van der Waals surface area contributed by atoms with E-state index in [1.165, 1.54) is 6.33 Å². The van der Waals surface area contributed by atoms with Crippen LogP contribution in [0.2, 0.25) is 0 Å². The summed E-state index contributed by atoms with van der Waals surface area (Å²) in [5.41, 5.74) is 4.10. The highest BCUT2D eigenvalue weighted by molar-refractivity contribution is 5.97. The number of pyridine rings is 2. The zero-order valence-corrected chi connectivity index (χ0v) is 15.1. The largest absolute Gasteiger partial charge is 0.329 e. The molecule has 28 heavy (non-hydrogen) atoms. The Bertz CT molecular complexity index is 1370. The van der Waals surface area contributed by atoms with E-state index in [2.05, 4.69) is 21.0 Å². The van der Waals surface area contributed by atoms with Crippen molar-refractivity contribution in [3.63, 3.8) is 0 Å². The van der Waals surface area contributed by atoms with Gasteiger partial charge in [-0.1, -0.05) is 24.3 Å².